The molecule has 0 radical (unpaired) electrons. The molecule has 0 N–H and O–H groups in total. The van der Waals surface area contributed by atoms with Gasteiger partial charge in [-0.05, 0) is 27.7 Å². The third-order valence-electron chi connectivity index (χ3n) is 3.12. The van der Waals surface area contributed by atoms with E-state index >= 15 is 0 Å². The summed E-state index contributed by atoms with van der Waals surface area (Å²) in [5.74, 6) is 0.104. The minimum atomic E-state index is 0.104. The summed E-state index contributed by atoms with van der Waals surface area (Å²) in [6.45, 7) is 13.3. The Labute approximate surface area is 116 Å². The zero-order valence-corrected chi connectivity index (χ0v) is 12.7. The molecule has 0 unspecified atom stereocenters. The van der Waals surface area contributed by atoms with Crippen molar-refractivity contribution in [2.75, 3.05) is 45.9 Å². The van der Waals surface area contributed by atoms with E-state index in [1.165, 1.54) is 0 Å². The SMILES string of the molecule is CC(C)OCCN1CCN(C(=O)COC(C)C)CC1. The monoisotopic (exact) mass is 272 g/mol. The Morgan fingerprint density at radius 1 is 1.00 bits per heavy atom. The fourth-order valence-electron chi connectivity index (χ4n) is 1.97. The number of ether oxygens (including phenoxy) is 2. The predicted molar refractivity (Wildman–Crippen MR) is 75.2 cm³/mol. The van der Waals surface area contributed by atoms with E-state index < -0.39 is 0 Å². The van der Waals surface area contributed by atoms with E-state index in [2.05, 4.69) is 4.90 Å². The lowest BCUT2D eigenvalue weighted by atomic mass is 10.3. The molecule has 0 atom stereocenters. The molecule has 1 aliphatic rings. The summed E-state index contributed by atoms with van der Waals surface area (Å²) < 4.78 is 10.9. The van der Waals surface area contributed by atoms with Crippen molar-refractivity contribution < 1.29 is 14.3 Å². The highest BCUT2D eigenvalue weighted by Gasteiger charge is 2.20. The van der Waals surface area contributed by atoms with Gasteiger partial charge in [-0.3, -0.25) is 9.69 Å². The van der Waals surface area contributed by atoms with E-state index in [9.17, 15) is 4.79 Å². The van der Waals surface area contributed by atoms with E-state index in [1.807, 2.05) is 32.6 Å². The molecular formula is C14H28N2O3. The zero-order chi connectivity index (χ0) is 14.3. The third kappa shape index (κ3) is 6.89. The van der Waals surface area contributed by atoms with Crippen molar-refractivity contribution in [1.29, 1.82) is 0 Å². The average Bonchev–Trinajstić information content (AvgIpc) is 2.36. The summed E-state index contributed by atoms with van der Waals surface area (Å²) in [4.78, 5) is 16.1. The highest BCUT2D eigenvalue weighted by Crippen LogP contribution is 2.03. The zero-order valence-electron chi connectivity index (χ0n) is 12.7. The smallest absolute Gasteiger partial charge is 0.248 e. The first-order chi connectivity index (χ1) is 8.99. The molecule has 19 heavy (non-hydrogen) atoms. The number of hydrogen-bond acceptors (Lipinski definition) is 4. The highest BCUT2D eigenvalue weighted by atomic mass is 16.5. The molecule has 0 saturated carbocycles. The van der Waals surface area contributed by atoms with Crippen LogP contribution < -0.4 is 0 Å². The predicted octanol–water partition coefficient (Wildman–Crippen LogP) is 0.981. The van der Waals surface area contributed by atoms with Gasteiger partial charge >= 0.3 is 0 Å². The van der Waals surface area contributed by atoms with Gasteiger partial charge in [0.05, 0.1) is 18.8 Å². The number of hydrogen-bond donors (Lipinski definition) is 0. The molecule has 1 fully saturated rings. The van der Waals surface area contributed by atoms with Crippen LogP contribution in [0.1, 0.15) is 27.7 Å². The van der Waals surface area contributed by atoms with Crippen molar-refractivity contribution in [3.05, 3.63) is 0 Å². The van der Waals surface area contributed by atoms with Crippen LogP contribution in [0.15, 0.2) is 0 Å². The number of amides is 1. The van der Waals surface area contributed by atoms with Crippen LogP contribution in [0.4, 0.5) is 0 Å². The summed E-state index contributed by atoms with van der Waals surface area (Å²) in [6.07, 6.45) is 0.398. The Kier molecular flexibility index (Phi) is 7.34. The van der Waals surface area contributed by atoms with Crippen molar-refractivity contribution in [2.24, 2.45) is 0 Å². The second-order valence-electron chi connectivity index (χ2n) is 5.50. The normalized spacial score (nSPS) is 17.5. The van der Waals surface area contributed by atoms with Crippen LogP contribution in [-0.4, -0.2) is 73.9 Å². The molecule has 1 saturated heterocycles. The van der Waals surface area contributed by atoms with Gasteiger partial charge in [-0.25, -0.2) is 0 Å². The summed E-state index contributed by atoms with van der Waals surface area (Å²) in [5, 5.41) is 0. The van der Waals surface area contributed by atoms with Gasteiger partial charge in [0.25, 0.3) is 0 Å². The fourth-order valence-corrected chi connectivity index (χ4v) is 1.97. The molecule has 5 nitrogen and oxygen atoms in total. The van der Waals surface area contributed by atoms with E-state index in [-0.39, 0.29) is 24.7 Å². The summed E-state index contributed by atoms with van der Waals surface area (Å²) in [7, 11) is 0. The van der Waals surface area contributed by atoms with E-state index in [0.29, 0.717) is 0 Å². The second-order valence-corrected chi connectivity index (χ2v) is 5.50. The quantitative estimate of drug-likeness (QED) is 0.693. The number of nitrogens with zero attached hydrogens (tertiary/aromatic N) is 2. The number of piperazine rings is 1. The van der Waals surface area contributed by atoms with Gasteiger partial charge < -0.3 is 14.4 Å². The van der Waals surface area contributed by atoms with Gasteiger partial charge in [0.2, 0.25) is 5.91 Å². The maximum absolute atomic E-state index is 11.9. The molecule has 5 heteroatoms. The van der Waals surface area contributed by atoms with Crippen molar-refractivity contribution in [3.8, 4) is 0 Å². The Bertz CT molecular complexity index is 261. The molecule has 1 amide bonds. The van der Waals surface area contributed by atoms with Gasteiger partial charge in [-0.15, -0.1) is 0 Å². The lowest BCUT2D eigenvalue weighted by Gasteiger charge is -2.34. The van der Waals surface area contributed by atoms with Crippen molar-refractivity contribution in [3.63, 3.8) is 0 Å². The number of rotatable bonds is 7. The van der Waals surface area contributed by atoms with Crippen LogP contribution >= 0.6 is 0 Å². The van der Waals surface area contributed by atoms with Crippen molar-refractivity contribution >= 4 is 5.91 Å². The second kappa shape index (κ2) is 8.51. The molecule has 0 aromatic heterocycles. The maximum Gasteiger partial charge on any atom is 0.248 e. The topological polar surface area (TPSA) is 42.0 Å². The number of carbonyl (C=O) groups is 1. The Hall–Kier alpha value is -0.650. The van der Waals surface area contributed by atoms with Crippen molar-refractivity contribution in [1.82, 2.24) is 9.80 Å². The van der Waals surface area contributed by atoms with Gasteiger partial charge in [0.1, 0.15) is 6.61 Å². The van der Waals surface area contributed by atoms with Gasteiger partial charge in [-0.1, -0.05) is 0 Å². The van der Waals surface area contributed by atoms with E-state index in [0.717, 1.165) is 39.3 Å². The molecule has 112 valence electrons. The van der Waals surface area contributed by atoms with Crippen LogP contribution in [0.3, 0.4) is 0 Å². The molecule has 0 bridgehead atoms. The summed E-state index contributed by atoms with van der Waals surface area (Å²) in [6, 6.07) is 0. The first kappa shape index (κ1) is 16.4. The molecule has 0 aliphatic carbocycles. The molecule has 0 aromatic carbocycles. The third-order valence-corrected chi connectivity index (χ3v) is 3.12. The lowest BCUT2D eigenvalue weighted by Crippen LogP contribution is -2.50. The standard InChI is InChI=1S/C14H28N2O3/c1-12(2)18-10-9-15-5-7-16(8-6-15)14(17)11-19-13(3)4/h12-13H,5-11H2,1-4H3. The largest absolute Gasteiger partial charge is 0.377 e. The van der Waals surface area contributed by atoms with Crippen LogP contribution in [0.2, 0.25) is 0 Å². The van der Waals surface area contributed by atoms with E-state index in [1.54, 1.807) is 0 Å². The van der Waals surface area contributed by atoms with E-state index in [4.69, 9.17) is 9.47 Å². The minimum absolute atomic E-state index is 0.104. The van der Waals surface area contributed by atoms with Gasteiger partial charge in [0, 0.05) is 32.7 Å². The molecule has 0 aromatic rings. The maximum atomic E-state index is 11.9. The first-order valence-corrected chi connectivity index (χ1v) is 7.22. The Balaban J connectivity index is 2.15. The molecule has 1 heterocycles. The number of carbonyl (C=O) groups excluding carboxylic acids is 1. The fraction of sp³-hybridized carbons (Fsp3) is 0.929. The van der Waals surface area contributed by atoms with Gasteiger partial charge in [0.15, 0.2) is 0 Å². The van der Waals surface area contributed by atoms with Crippen LogP contribution in [-0.2, 0) is 14.3 Å². The summed E-state index contributed by atoms with van der Waals surface area (Å²) in [5.41, 5.74) is 0. The molecule has 1 aliphatic heterocycles. The van der Waals surface area contributed by atoms with Gasteiger partial charge in [-0.2, -0.15) is 0 Å². The van der Waals surface area contributed by atoms with Crippen LogP contribution in [0.5, 0.6) is 0 Å². The lowest BCUT2D eigenvalue weighted by molar-refractivity contribution is -0.139. The summed E-state index contributed by atoms with van der Waals surface area (Å²) >= 11 is 0. The van der Waals surface area contributed by atoms with Crippen LogP contribution in [0, 0.1) is 0 Å². The average molecular weight is 272 g/mol. The molecule has 0 spiro atoms. The first-order valence-electron chi connectivity index (χ1n) is 7.22. The Morgan fingerprint density at radius 3 is 2.11 bits per heavy atom. The molecular weight excluding hydrogens is 244 g/mol. The minimum Gasteiger partial charge on any atom is -0.377 e. The Morgan fingerprint density at radius 2 is 1.58 bits per heavy atom. The van der Waals surface area contributed by atoms with Crippen molar-refractivity contribution in [2.45, 2.75) is 39.9 Å². The molecule has 1 rings (SSSR count). The highest BCUT2D eigenvalue weighted by molar-refractivity contribution is 5.77. The van der Waals surface area contributed by atoms with Crippen LogP contribution in [0.25, 0.3) is 0 Å².